The number of pyridine rings is 1. The second kappa shape index (κ2) is 6.65. The largest absolute Gasteiger partial charge is 0.372 e. The zero-order valence-corrected chi connectivity index (χ0v) is 14.1. The van der Waals surface area contributed by atoms with Gasteiger partial charge in [0, 0.05) is 30.9 Å². The molecule has 22 heavy (non-hydrogen) atoms. The highest BCUT2D eigenvalue weighted by molar-refractivity contribution is 5.74. The van der Waals surface area contributed by atoms with Crippen LogP contribution in [0.3, 0.4) is 0 Å². The summed E-state index contributed by atoms with van der Waals surface area (Å²) in [5, 5.41) is 3.06. The fourth-order valence-corrected chi connectivity index (χ4v) is 2.63. The van der Waals surface area contributed by atoms with Crippen molar-refractivity contribution in [3.05, 3.63) is 30.1 Å². The van der Waals surface area contributed by atoms with Gasteiger partial charge in [-0.15, -0.1) is 0 Å². The Bertz CT molecular complexity index is 504. The molecule has 0 aliphatic carbocycles. The van der Waals surface area contributed by atoms with Crippen LogP contribution in [0.1, 0.15) is 39.7 Å². The minimum atomic E-state index is -0.226. The molecule has 0 spiro atoms. The van der Waals surface area contributed by atoms with E-state index in [1.807, 2.05) is 17.0 Å². The molecule has 2 amide bonds. The maximum Gasteiger partial charge on any atom is 0.317 e. The maximum atomic E-state index is 12.4. The van der Waals surface area contributed by atoms with E-state index in [-0.39, 0.29) is 17.0 Å². The third-order valence-electron chi connectivity index (χ3n) is 4.52. The molecule has 5 nitrogen and oxygen atoms in total. The molecule has 1 aliphatic heterocycles. The van der Waals surface area contributed by atoms with Crippen molar-refractivity contribution in [1.29, 1.82) is 0 Å². The van der Waals surface area contributed by atoms with E-state index in [0.717, 1.165) is 6.42 Å². The van der Waals surface area contributed by atoms with Crippen molar-refractivity contribution in [1.82, 2.24) is 15.2 Å². The standard InChI is InChI=1S/C17H27N3O2/c1-5-17(4)13-20(10-11-22-17)15(21)19-12-16(2,3)14-6-8-18-9-7-14/h6-9H,5,10-13H2,1-4H3,(H,19,21)/t17-/m0/s1. The molecule has 1 N–H and O–H groups in total. The van der Waals surface area contributed by atoms with Crippen LogP contribution in [0.4, 0.5) is 4.79 Å². The summed E-state index contributed by atoms with van der Waals surface area (Å²) in [7, 11) is 0. The number of carbonyl (C=O) groups excluding carboxylic acids is 1. The number of nitrogens with one attached hydrogen (secondary N) is 1. The van der Waals surface area contributed by atoms with Gasteiger partial charge in [-0.3, -0.25) is 4.98 Å². The molecule has 1 atom stereocenters. The average molecular weight is 305 g/mol. The molecular weight excluding hydrogens is 278 g/mol. The Morgan fingerprint density at radius 3 is 2.77 bits per heavy atom. The van der Waals surface area contributed by atoms with Crippen molar-refractivity contribution in [2.45, 2.75) is 45.1 Å². The zero-order chi connectivity index (χ0) is 16.2. The number of amides is 2. The molecule has 1 aromatic rings. The van der Waals surface area contributed by atoms with Gasteiger partial charge in [0.1, 0.15) is 0 Å². The highest BCUT2D eigenvalue weighted by Crippen LogP contribution is 2.23. The Balaban J connectivity index is 1.92. The number of urea groups is 1. The quantitative estimate of drug-likeness (QED) is 0.930. The van der Waals surface area contributed by atoms with Gasteiger partial charge in [0.25, 0.3) is 0 Å². The fraction of sp³-hybridized carbons (Fsp3) is 0.647. The van der Waals surface area contributed by atoms with Crippen molar-refractivity contribution in [2.75, 3.05) is 26.2 Å². The normalized spacial score (nSPS) is 22.5. The number of rotatable bonds is 4. The van der Waals surface area contributed by atoms with Gasteiger partial charge in [-0.2, -0.15) is 0 Å². The Morgan fingerprint density at radius 1 is 1.45 bits per heavy atom. The Kier molecular flexibility index (Phi) is 5.06. The molecule has 1 fully saturated rings. The van der Waals surface area contributed by atoms with E-state index < -0.39 is 0 Å². The van der Waals surface area contributed by atoms with Gasteiger partial charge in [0.2, 0.25) is 0 Å². The van der Waals surface area contributed by atoms with Gasteiger partial charge in [0.15, 0.2) is 0 Å². The SMILES string of the molecule is CC[C@@]1(C)CN(C(=O)NCC(C)(C)c2ccncc2)CCO1. The van der Waals surface area contributed by atoms with Gasteiger partial charge in [-0.1, -0.05) is 20.8 Å². The summed E-state index contributed by atoms with van der Waals surface area (Å²) in [5.41, 5.74) is 0.818. The van der Waals surface area contributed by atoms with Crippen LogP contribution in [0.15, 0.2) is 24.5 Å². The van der Waals surface area contributed by atoms with E-state index in [1.54, 1.807) is 12.4 Å². The smallest absolute Gasteiger partial charge is 0.317 e. The van der Waals surface area contributed by atoms with Crippen LogP contribution in [0.25, 0.3) is 0 Å². The van der Waals surface area contributed by atoms with Gasteiger partial charge in [-0.05, 0) is 31.0 Å². The Hall–Kier alpha value is -1.62. The van der Waals surface area contributed by atoms with Crippen LogP contribution in [0.5, 0.6) is 0 Å². The second-order valence-corrected chi connectivity index (χ2v) is 6.85. The maximum absolute atomic E-state index is 12.4. The lowest BCUT2D eigenvalue weighted by Gasteiger charge is -2.40. The number of carbonyl (C=O) groups is 1. The third-order valence-corrected chi connectivity index (χ3v) is 4.52. The molecular formula is C17H27N3O2. The summed E-state index contributed by atoms with van der Waals surface area (Å²) in [6, 6.07) is 3.98. The van der Waals surface area contributed by atoms with Crippen molar-refractivity contribution in [2.24, 2.45) is 0 Å². The molecule has 0 saturated carbocycles. The highest BCUT2D eigenvalue weighted by atomic mass is 16.5. The Morgan fingerprint density at radius 2 is 2.14 bits per heavy atom. The summed E-state index contributed by atoms with van der Waals surface area (Å²) >= 11 is 0. The average Bonchev–Trinajstić information content (AvgIpc) is 2.53. The van der Waals surface area contributed by atoms with Crippen molar-refractivity contribution in [3.63, 3.8) is 0 Å². The van der Waals surface area contributed by atoms with Crippen LogP contribution in [-0.2, 0) is 10.2 Å². The van der Waals surface area contributed by atoms with E-state index in [9.17, 15) is 4.79 Å². The number of hydrogen-bond acceptors (Lipinski definition) is 3. The molecule has 2 rings (SSSR count). The Labute approximate surface area is 133 Å². The van der Waals surface area contributed by atoms with Crippen LogP contribution in [0, 0.1) is 0 Å². The lowest BCUT2D eigenvalue weighted by Crippen LogP contribution is -2.55. The van der Waals surface area contributed by atoms with Crippen LogP contribution >= 0.6 is 0 Å². The lowest BCUT2D eigenvalue weighted by molar-refractivity contribution is -0.0873. The number of ether oxygens (including phenoxy) is 1. The first kappa shape index (κ1) is 16.7. The molecule has 0 bridgehead atoms. The van der Waals surface area contributed by atoms with E-state index in [4.69, 9.17) is 4.74 Å². The second-order valence-electron chi connectivity index (χ2n) is 6.85. The molecule has 1 aliphatic rings. The number of hydrogen-bond donors (Lipinski definition) is 1. The van der Waals surface area contributed by atoms with Crippen molar-refractivity contribution >= 4 is 6.03 Å². The highest BCUT2D eigenvalue weighted by Gasteiger charge is 2.33. The molecule has 0 unspecified atom stereocenters. The van der Waals surface area contributed by atoms with E-state index in [2.05, 4.69) is 38.0 Å². The number of morpholine rings is 1. The zero-order valence-electron chi connectivity index (χ0n) is 14.1. The van der Waals surface area contributed by atoms with Gasteiger partial charge >= 0.3 is 6.03 Å². The summed E-state index contributed by atoms with van der Waals surface area (Å²) in [6.07, 6.45) is 4.47. The van der Waals surface area contributed by atoms with E-state index in [1.165, 1.54) is 5.56 Å². The fourth-order valence-electron chi connectivity index (χ4n) is 2.63. The molecule has 1 aromatic heterocycles. The minimum absolute atomic E-state index is 0.00916. The minimum Gasteiger partial charge on any atom is -0.372 e. The van der Waals surface area contributed by atoms with Gasteiger partial charge in [0.05, 0.1) is 18.8 Å². The van der Waals surface area contributed by atoms with E-state index in [0.29, 0.717) is 26.2 Å². The molecule has 122 valence electrons. The van der Waals surface area contributed by atoms with E-state index >= 15 is 0 Å². The van der Waals surface area contributed by atoms with Gasteiger partial charge in [-0.25, -0.2) is 4.79 Å². The lowest BCUT2D eigenvalue weighted by atomic mass is 9.85. The first-order valence-corrected chi connectivity index (χ1v) is 7.93. The molecule has 0 radical (unpaired) electrons. The summed E-state index contributed by atoms with van der Waals surface area (Å²) in [6.45, 7) is 10.9. The first-order chi connectivity index (χ1) is 10.4. The summed E-state index contributed by atoms with van der Waals surface area (Å²) < 4.78 is 5.78. The third kappa shape index (κ3) is 3.97. The predicted molar refractivity (Wildman–Crippen MR) is 86.9 cm³/mol. The summed E-state index contributed by atoms with van der Waals surface area (Å²) in [5.74, 6) is 0. The predicted octanol–water partition coefficient (Wildman–Crippen LogP) is 2.57. The number of nitrogens with zero attached hydrogens (tertiary/aromatic N) is 2. The molecule has 2 heterocycles. The van der Waals surface area contributed by atoms with Crippen LogP contribution < -0.4 is 5.32 Å². The molecule has 1 saturated heterocycles. The molecule has 0 aromatic carbocycles. The molecule has 5 heteroatoms. The van der Waals surface area contributed by atoms with Crippen molar-refractivity contribution in [3.8, 4) is 0 Å². The first-order valence-electron chi connectivity index (χ1n) is 7.93. The van der Waals surface area contributed by atoms with Gasteiger partial charge < -0.3 is 15.0 Å². The van der Waals surface area contributed by atoms with Crippen molar-refractivity contribution < 1.29 is 9.53 Å². The van der Waals surface area contributed by atoms with Crippen LogP contribution in [-0.4, -0.2) is 47.8 Å². The van der Waals surface area contributed by atoms with Crippen LogP contribution in [0.2, 0.25) is 0 Å². The number of aromatic nitrogens is 1. The monoisotopic (exact) mass is 305 g/mol. The summed E-state index contributed by atoms with van der Waals surface area (Å²) in [4.78, 5) is 18.3. The topological polar surface area (TPSA) is 54.5 Å².